The van der Waals surface area contributed by atoms with Crippen LogP contribution in [0.25, 0.3) is 0 Å². The van der Waals surface area contributed by atoms with E-state index < -0.39 is 23.0 Å². The highest BCUT2D eigenvalue weighted by atomic mass is 16.6. The summed E-state index contributed by atoms with van der Waals surface area (Å²) < 4.78 is 7.36. The van der Waals surface area contributed by atoms with Gasteiger partial charge in [-0.3, -0.25) is 19.4 Å². The largest absolute Gasteiger partial charge is 0.480 e. The smallest absolute Gasteiger partial charge is 0.324 e. The van der Waals surface area contributed by atoms with Gasteiger partial charge in [-0.05, 0) is 104 Å². The number of ether oxygens (including phenoxy) is 1. The molecular weight excluding hydrogens is 608 g/mol. The third-order valence-electron chi connectivity index (χ3n) is 15.1. The highest BCUT2D eigenvalue weighted by Crippen LogP contribution is 2.61. The molecular formula is C43H66N2O4. The summed E-state index contributed by atoms with van der Waals surface area (Å²) in [6, 6.07) is 19.2. The fourth-order valence-corrected chi connectivity index (χ4v) is 10.1. The van der Waals surface area contributed by atoms with E-state index in [4.69, 9.17) is 4.74 Å². The van der Waals surface area contributed by atoms with Crippen molar-refractivity contribution < 1.29 is 19.4 Å². The minimum absolute atomic E-state index is 0.0166. The molecule has 1 N–H and O–H groups in total. The van der Waals surface area contributed by atoms with Gasteiger partial charge in [-0.25, -0.2) is 0 Å². The molecule has 4 rings (SSSR count). The van der Waals surface area contributed by atoms with E-state index in [0.717, 1.165) is 43.2 Å². The number of rotatable bonds is 12. The first-order valence-electron chi connectivity index (χ1n) is 18.9. The maximum atomic E-state index is 15.5. The van der Waals surface area contributed by atoms with E-state index in [9.17, 15) is 9.90 Å². The summed E-state index contributed by atoms with van der Waals surface area (Å²) in [4.78, 5) is 34.4. The van der Waals surface area contributed by atoms with Crippen LogP contribution in [0.3, 0.4) is 0 Å². The molecule has 8 unspecified atom stereocenters. The summed E-state index contributed by atoms with van der Waals surface area (Å²) in [6.45, 7) is 23.1. The molecule has 2 saturated heterocycles. The summed E-state index contributed by atoms with van der Waals surface area (Å²) >= 11 is 0. The molecule has 0 radical (unpaired) electrons. The summed E-state index contributed by atoms with van der Waals surface area (Å²) in [5.41, 5.74) is -1.90. The Morgan fingerprint density at radius 2 is 1.20 bits per heavy atom. The fraction of sp³-hybridized carbons (Fsp3) is 0.674. The molecule has 2 aliphatic rings. The van der Waals surface area contributed by atoms with E-state index in [1.165, 1.54) is 0 Å². The number of esters is 1. The Morgan fingerprint density at radius 1 is 0.755 bits per heavy atom. The molecule has 49 heavy (non-hydrogen) atoms. The lowest BCUT2D eigenvalue weighted by atomic mass is 9.51. The van der Waals surface area contributed by atoms with Gasteiger partial charge in [-0.2, -0.15) is 0 Å². The molecule has 8 atom stereocenters. The van der Waals surface area contributed by atoms with Crippen molar-refractivity contribution in [2.24, 2.45) is 23.2 Å². The van der Waals surface area contributed by atoms with Crippen molar-refractivity contribution in [2.45, 2.75) is 148 Å². The van der Waals surface area contributed by atoms with Gasteiger partial charge in [0.15, 0.2) is 5.41 Å². The third-order valence-corrected chi connectivity index (χ3v) is 15.1. The van der Waals surface area contributed by atoms with E-state index in [1.807, 2.05) is 60.7 Å². The lowest BCUT2D eigenvalue weighted by molar-refractivity contribution is -0.256. The second kappa shape index (κ2) is 14.1. The number of hydrogen-bond donors (Lipinski definition) is 1. The summed E-state index contributed by atoms with van der Waals surface area (Å²) in [7, 11) is 4.52. The van der Waals surface area contributed by atoms with Crippen molar-refractivity contribution in [3.05, 3.63) is 71.8 Å². The van der Waals surface area contributed by atoms with Crippen LogP contribution < -0.4 is 0 Å². The predicted molar refractivity (Wildman–Crippen MR) is 201 cm³/mol. The summed E-state index contributed by atoms with van der Waals surface area (Å²) in [6.07, 6.45) is 5.34. The number of benzene rings is 2. The minimum atomic E-state index is -1.80. The van der Waals surface area contributed by atoms with Gasteiger partial charge in [0.25, 0.3) is 0 Å². The number of carboxylic acids is 1. The Labute approximate surface area is 298 Å². The topological polar surface area (TPSA) is 70.1 Å². The highest BCUT2D eigenvalue weighted by Gasteiger charge is 2.68. The monoisotopic (exact) mass is 675 g/mol. The van der Waals surface area contributed by atoms with Crippen LogP contribution >= 0.6 is 0 Å². The van der Waals surface area contributed by atoms with Crippen molar-refractivity contribution in [1.82, 2.24) is 9.80 Å². The Balaban J connectivity index is 2.02. The number of carbonyl (C=O) groups is 2. The van der Waals surface area contributed by atoms with Crippen molar-refractivity contribution in [3.63, 3.8) is 0 Å². The standard InChI is InChI=1S/C43H66N2O4/c1-13-38(7)29-35(31(5)40(9,15-3)44(38)11)43(30-39(8,14-2)45(12)41(10,16-4)32(43)6)49-37(48)42(36(46)47,27-33-23-19-17-20-24-33)28-34-25-21-18-22-26-34/h17-26,31-32,35H,13-16,27-30H2,1-12H3,(H,46,47). The lowest BCUT2D eigenvalue weighted by Crippen LogP contribution is -2.76. The molecule has 2 aromatic carbocycles. The first-order chi connectivity index (χ1) is 22.9. The second-order valence-corrected chi connectivity index (χ2v) is 16.8. The average molecular weight is 675 g/mol. The molecule has 0 aromatic heterocycles. The molecule has 2 fully saturated rings. The van der Waals surface area contributed by atoms with Crippen molar-refractivity contribution in [3.8, 4) is 0 Å². The lowest BCUT2D eigenvalue weighted by Gasteiger charge is -2.69. The maximum absolute atomic E-state index is 15.5. The maximum Gasteiger partial charge on any atom is 0.324 e. The Bertz CT molecular complexity index is 1410. The molecule has 0 amide bonds. The third kappa shape index (κ3) is 6.39. The van der Waals surface area contributed by atoms with Gasteiger partial charge in [-0.15, -0.1) is 0 Å². The molecule has 6 heteroatoms. The zero-order valence-electron chi connectivity index (χ0n) is 32.7. The molecule has 272 valence electrons. The van der Waals surface area contributed by atoms with E-state index in [0.29, 0.717) is 6.42 Å². The number of hydrogen-bond acceptors (Lipinski definition) is 5. The molecule has 0 aliphatic carbocycles. The van der Waals surface area contributed by atoms with Crippen LogP contribution in [0.1, 0.15) is 119 Å². The van der Waals surface area contributed by atoms with Crippen LogP contribution in [0.15, 0.2) is 60.7 Å². The normalized spacial score (nSPS) is 36.0. The Hall–Kier alpha value is -2.70. The van der Waals surface area contributed by atoms with Crippen molar-refractivity contribution in [1.29, 1.82) is 0 Å². The average Bonchev–Trinajstić information content (AvgIpc) is 3.10. The number of piperidine rings is 2. The van der Waals surface area contributed by atoms with E-state index in [-0.39, 0.29) is 52.8 Å². The molecule has 2 aromatic rings. The Morgan fingerprint density at radius 3 is 1.61 bits per heavy atom. The van der Waals surface area contributed by atoms with Crippen molar-refractivity contribution >= 4 is 11.9 Å². The van der Waals surface area contributed by atoms with Crippen molar-refractivity contribution in [2.75, 3.05) is 14.1 Å². The van der Waals surface area contributed by atoms with Gasteiger partial charge in [0.05, 0.1) is 0 Å². The number of aliphatic carboxylic acids is 1. The van der Waals surface area contributed by atoms with E-state index in [2.05, 4.69) is 93.1 Å². The van der Waals surface area contributed by atoms with Gasteiger partial charge in [-0.1, -0.05) is 102 Å². The molecule has 0 bridgehead atoms. The zero-order valence-corrected chi connectivity index (χ0v) is 32.7. The second-order valence-electron chi connectivity index (χ2n) is 16.8. The van der Waals surface area contributed by atoms with Gasteiger partial charge in [0.1, 0.15) is 5.60 Å². The van der Waals surface area contributed by atoms with Crippen LogP contribution in [0.4, 0.5) is 0 Å². The van der Waals surface area contributed by atoms with Crippen LogP contribution in [-0.2, 0) is 27.2 Å². The summed E-state index contributed by atoms with van der Waals surface area (Å²) in [5.74, 6) is -1.60. The number of nitrogens with zero attached hydrogens (tertiary/aromatic N) is 2. The minimum Gasteiger partial charge on any atom is -0.480 e. The first kappa shape index (κ1) is 39.1. The van der Waals surface area contributed by atoms with E-state index in [1.54, 1.807) is 0 Å². The number of carboxylic acid groups (broad SMARTS) is 1. The predicted octanol–water partition coefficient (Wildman–Crippen LogP) is 9.06. The van der Waals surface area contributed by atoms with Crippen LogP contribution in [0.2, 0.25) is 0 Å². The molecule has 0 spiro atoms. The SMILES string of the molecule is CCC1(C)CC(C2(OC(=O)C(Cc3ccccc3)(Cc3ccccc3)C(=O)O)CC(C)(CC)N(C)C(C)(CC)C2C)C(C)C(C)(CC)N1C. The highest BCUT2D eigenvalue weighted by molar-refractivity contribution is 6.00. The van der Waals surface area contributed by atoms with Gasteiger partial charge >= 0.3 is 11.9 Å². The van der Waals surface area contributed by atoms with Gasteiger partial charge < -0.3 is 9.84 Å². The van der Waals surface area contributed by atoms with Gasteiger partial charge in [0.2, 0.25) is 0 Å². The number of likely N-dealkylation sites (tertiary alicyclic amines) is 2. The van der Waals surface area contributed by atoms with Crippen LogP contribution in [0, 0.1) is 23.2 Å². The Kier molecular flexibility index (Phi) is 11.3. The van der Waals surface area contributed by atoms with Gasteiger partial charge in [0, 0.05) is 40.4 Å². The number of carbonyl (C=O) groups excluding carboxylic acids is 1. The van der Waals surface area contributed by atoms with Crippen LogP contribution in [-0.4, -0.2) is 68.7 Å². The molecule has 2 heterocycles. The fourth-order valence-electron chi connectivity index (χ4n) is 10.1. The molecule has 6 nitrogen and oxygen atoms in total. The zero-order chi connectivity index (χ0) is 36.6. The molecule has 0 saturated carbocycles. The molecule has 2 aliphatic heterocycles. The first-order valence-corrected chi connectivity index (χ1v) is 18.9. The van der Waals surface area contributed by atoms with Crippen LogP contribution in [0.5, 0.6) is 0 Å². The summed E-state index contributed by atoms with van der Waals surface area (Å²) in [5, 5.41) is 11.3. The van der Waals surface area contributed by atoms with E-state index >= 15 is 4.79 Å². The quantitative estimate of drug-likeness (QED) is 0.179.